The molecule has 1 fully saturated rings. The van der Waals surface area contributed by atoms with E-state index in [0.717, 1.165) is 0 Å². The number of hydrogen-bond acceptors (Lipinski definition) is 5. The molecule has 1 aromatic rings. The van der Waals surface area contributed by atoms with Crippen molar-refractivity contribution < 1.29 is 17.9 Å². The molecule has 0 spiro atoms. The van der Waals surface area contributed by atoms with E-state index in [9.17, 15) is 13.2 Å². The maximum atomic E-state index is 12.2. The first-order valence-corrected chi connectivity index (χ1v) is 9.71. The minimum atomic E-state index is -3.64. The first-order valence-electron chi connectivity index (χ1n) is 8.27. The molecule has 7 nitrogen and oxygen atoms in total. The zero-order valence-electron chi connectivity index (χ0n) is 14.9. The van der Waals surface area contributed by atoms with Crippen LogP contribution in [0.25, 0.3) is 0 Å². The van der Waals surface area contributed by atoms with Gasteiger partial charge in [-0.3, -0.25) is 0 Å². The predicted molar refractivity (Wildman–Crippen MR) is 94.1 cm³/mol. The van der Waals surface area contributed by atoms with Crippen molar-refractivity contribution in [1.29, 1.82) is 0 Å². The molecule has 0 bridgehead atoms. The van der Waals surface area contributed by atoms with Gasteiger partial charge < -0.3 is 14.5 Å². The van der Waals surface area contributed by atoms with Gasteiger partial charge in [0, 0.05) is 31.2 Å². The van der Waals surface area contributed by atoms with Gasteiger partial charge >= 0.3 is 6.09 Å². The van der Waals surface area contributed by atoms with E-state index in [1.807, 2.05) is 32.6 Å². The van der Waals surface area contributed by atoms with Crippen LogP contribution in [0, 0.1) is 0 Å². The first kappa shape index (κ1) is 17.7. The van der Waals surface area contributed by atoms with E-state index in [4.69, 9.17) is 4.74 Å². The summed E-state index contributed by atoms with van der Waals surface area (Å²) in [6.07, 6.45) is -0.347. The van der Waals surface area contributed by atoms with Crippen LogP contribution in [0.4, 0.5) is 4.79 Å². The average Bonchev–Trinajstić information content (AvgIpc) is 2.77. The summed E-state index contributed by atoms with van der Waals surface area (Å²) >= 11 is 0. The van der Waals surface area contributed by atoms with Crippen LogP contribution < -0.4 is 0 Å². The minimum absolute atomic E-state index is 0.0682. The number of benzene rings is 1. The number of carbonyl (C=O) groups excluding carboxylic acids is 1. The molecule has 8 heteroatoms. The lowest BCUT2D eigenvalue weighted by Crippen LogP contribution is -2.56. The van der Waals surface area contributed by atoms with Crippen molar-refractivity contribution in [2.45, 2.75) is 44.2 Å². The Morgan fingerprint density at radius 1 is 1.24 bits per heavy atom. The summed E-state index contributed by atoms with van der Waals surface area (Å²) in [5.41, 5.74) is 0.0834. The Hall–Kier alpha value is -2.09. The normalized spacial score (nSPS) is 22.4. The second kappa shape index (κ2) is 6.01. The fourth-order valence-electron chi connectivity index (χ4n) is 3.06. The van der Waals surface area contributed by atoms with E-state index < -0.39 is 15.6 Å². The lowest BCUT2D eigenvalue weighted by Gasteiger charge is -2.41. The fraction of sp³-hybridized carbons (Fsp3) is 0.529. The molecule has 1 aromatic carbocycles. The molecule has 2 aliphatic rings. The van der Waals surface area contributed by atoms with E-state index in [-0.39, 0.29) is 17.0 Å². The van der Waals surface area contributed by atoms with Gasteiger partial charge in [0.2, 0.25) is 0 Å². The van der Waals surface area contributed by atoms with Gasteiger partial charge in [-0.05, 0) is 39.8 Å². The Balaban J connectivity index is 1.78. The third kappa shape index (κ3) is 3.49. The van der Waals surface area contributed by atoms with E-state index in [0.29, 0.717) is 31.0 Å². The smallest absolute Gasteiger partial charge is 0.410 e. The Kier molecular flexibility index (Phi) is 4.26. The van der Waals surface area contributed by atoms with Gasteiger partial charge in [0.05, 0.1) is 0 Å². The summed E-state index contributed by atoms with van der Waals surface area (Å²) in [5, 5.41) is 0. The van der Waals surface area contributed by atoms with Crippen LogP contribution in [-0.2, 0) is 14.8 Å². The van der Waals surface area contributed by atoms with Crippen LogP contribution in [0.5, 0.6) is 0 Å². The molecule has 2 heterocycles. The monoisotopic (exact) mass is 365 g/mol. The third-order valence-electron chi connectivity index (χ3n) is 4.16. The lowest BCUT2D eigenvalue weighted by molar-refractivity contribution is 0.0134. The molecule has 0 N–H and O–H groups in total. The van der Waals surface area contributed by atoms with E-state index in [1.54, 1.807) is 29.2 Å². The van der Waals surface area contributed by atoms with Gasteiger partial charge in [-0.2, -0.15) is 8.42 Å². The molecular weight excluding hydrogens is 342 g/mol. The minimum Gasteiger partial charge on any atom is -0.444 e. The molecule has 2 aliphatic heterocycles. The van der Waals surface area contributed by atoms with Crippen molar-refractivity contribution in [3.05, 3.63) is 29.8 Å². The predicted octanol–water partition coefficient (Wildman–Crippen LogP) is 2.08. The van der Waals surface area contributed by atoms with Crippen LogP contribution in [0.3, 0.4) is 0 Å². The van der Waals surface area contributed by atoms with Crippen LogP contribution in [0.1, 0.15) is 33.3 Å². The Morgan fingerprint density at radius 2 is 1.92 bits per heavy atom. The topological polar surface area (TPSA) is 79.3 Å². The number of fused-ring (bicyclic) bond motifs is 1. The molecule has 0 aliphatic carbocycles. The van der Waals surface area contributed by atoms with Crippen molar-refractivity contribution in [3.63, 3.8) is 0 Å². The summed E-state index contributed by atoms with van der Waals surface area (Å²) in [5.74, 6) is 0.465. The quantitative estimate of drug-likeness (QED) is 0.703. The molecule has 1 unspecified atom stereocenters. The van der Waals surface area contributed by atoms with Crippen molar-refractivity contribution in [2.75, 3.05) is 19.6 Å². The maximum absolute atomic E-state index is 12.2. The maximum Gasteiger partial charge on any atom is 0.410 e. The van der Waals surface area contributed by atoms with Crippen LogP contribution in [0.15, 0.2) is 33.6 Å². The van der Waals surface area contributed by atoms with Crippen LogP contribution >= 0.6 is 0 Å². The molecular formula is C17H23N3O4S. The first-order chi connectivity index (χ1) is 11.6. The highest BCUT2D eigenvalue weighted by Gasteiger charge is 2.37. The number of amidine groups is 1. The summed E-state index contributed by atoms with van der Waals surface area (Å²) in [4.78, 5) is 16.1. The highest BCUT2D eigenvalue weighted by atomic mass is 32.2. The highest BCUT2D eigenvalue weighted by molar-refractivity contribution is 7.90. The molecule has 136 valence electrons. The fourth-order valence-corrected chi connectivity index (χ4v) is 4.28. The van der Waals surface area contributed by atoms with Crippen molar-refractivity contribution >= 4 is 22.0 Å². The van der Waals surface area contributed by atoms with Gasteiger partial charge in [0.15, 0.2) is 5.84 Å². The molecule has 3 rings (SSSR count). The van der Waals surface area contributed by atoms with Gasteiger partial charge in [0.1, 0.15) is 10.5 Å². The van der Waals surface area contributed by atoms with Crippen molar-refractivity contribution in [3.8, 4) is 0 Å². The molecule has 1 amide bonds. The second-order valence-electron chi connectivity index (χ2n) is 7.35. The largest absolute Gasteiger partial charge is 0.444 e. The molecule has 0 saturated carbocycles. The Labute approximate surface area is 148 Å². The van der Waals surface area contributed by atoms with Gasteiger partial charge in [-0.25, -0.2) is 4.79 Å². The van der Waals surface area contributed by atoms with Crippen molar-refractivity contribution in [2.24, 2.45) is 4.40 Å². The average molecular weight is 365 g/mol. The number of ether oxygens (including phenoxy) is 1. The summed E-state index contributed by atoms with van der Waals surface area (Å²) in [6.45, 7) is 8.87. The third-order valence-corrected chi connectivity index (χ3v) is 5.49. The number of piperazine rings is 1. The zero-order valence-corrected chi connectivity index (χ0v) is 15.7. The Bertz CT molecular complexity index is 827. The molecule has 1 saturated heterocycles. The SMILES string of the molecule is CC1CN(C(=O)OC(C)(C)C)CCN1C1=NS(=O)(=O)c2ccccc21. The summed E-state index contributed by atoms with van der Waals surface area (Å²) in [7, 11) is -3.64. The van der Waals surface area contributed by atoms with Gasteiger partial charge in [-0.15, -0.1) is 4.40 Å². The number of sulfonamides is 1. The van der Waals surface area contributed by atoms with E-state index in [1.165, 1.54) is 0 Å². The Morgan fingerprint density at radius 3 is 2.56 bits per heavy atom. The molecule has 25 heavy (non-hydrogen) atoms. The van der Waals surface area contributed by atoms with Gasteiger partial charge in [0.25, 0.3) is 10.0 Å². The van der Waals surface area contributed by atoms with Crippen molar-refractivity contribution in [1.82, 2.24) is 9.80 Å². The summed E-state index contributed by atoms with van der Waals surface area (Å²) < 4.78 is 33.9. The number of nitrogens with zero attached hydrogens (tertiary/aromatic N) is 3. The number of carbonyl (C=O) groups is 1. The second-order valence-corrected chi connectivity index (χ2v) is 8.93. The number of rotatable bonds is 0. The highest BCUT2D eigenvalue weighted by Crippen LogP contribution is 2.29. The van der Waals surface area contributed by atoms with E-state index in [2.05, 4.69) is 4.40 Å². The summed E-state index contributed by atoms with van der Waals surface area (Å²) in [6, 6.07) is 6.77. The lowest BCUT2D eigenvalue weighted by atomic mass is 10.1. The molecule has 0 radical (unpaired) electrons. The molecule has 1 atom stereocenters. The van der Waals surface area contributed by atoms with Gasteiger partial charge in [-0.1, -0.05) is 12.1 Å². The number of amides is 1. The zero-order chi connectivity index (χ0) is 18.4. The van der Waals surface area contributed by atoms with E-state index >= 15 is 0 Å². The molecule has 0 aromatic heterocycles. The number of hydrogen-bond donors (Lipinski definition) is 0. The standard InChI is InChI=1S/C17H23N3O4S/c1-12-11-19(16(21)24-17(2,3)4)9-10-20(12)15-13-7-5-6-8-14(13)25(22,23)18-15/h5-8,12H,9-11H2,1-4H3. The van der Waals surface area contributed by atoms with Crippen LogP contribution in [-0.4, -0.2) is 61.4 Å². The van der Waals surface area contributed by atoms with Crippen LogP contribution in [0.2, 0.25) is 0 Å².